The highest BCUT2D eigenvalue weighted by Crippen LogP contribution is 2.26. The number of esters is 1. The van der Waals surface area contributed by atoms with Crippen LogP contribution in [0.5, 0.6) is 0 Å². The van der Waals surface area contributed by atoms with Gasteiger partial charge in [-0.05, 0) is 49.6 Å². The average Bonchev–Trinajstić information content (AvgIpc) is 2.94. The van der Waals surface area contributed by atoms with E-state index >= 15 is 0 Å². The molecule has 0 spiro atoms. The van der Waals surface area contributed by atoms with E-state index in [4.69, 9.17) is 19.3 Å². The number of alkyl carbamates (subject to hydrolysis) is 1. The van der Waals surface area contributed by atoms with Crippen molar-refractivity contribution in [2.75, 3.05) is 11.3 Å². The molecule has 0 aliphatic carbocycles. The third-order valence-corrected chi connectivity index (χ3v) is 6.51. The number of carboxylic acid groups (broad SMARTS) is 1. The Kier molecular flexibility index (Phi) is 11.3. The van der Waals surface area contributed by atoms with Gasteiger partial charge < -0.3 is 24.6 Å². The number of aliphatic carboxylic acids is 1. The van der Waals surface area contributed by atoms with Gasteiger partial charge in [0.1, 0.15) is 12.2 Å². The first kappa shape index (κ1) is 33.4. The Hall–Kier alpha value is -5.11. The van der Waals surface area contributed by atoms with Crippen molar-refractivity contribution in [2.24, 2.45) is 0 Å². The Balaban J connectivity index is 1.71. The van der Waals surface area contributed by atoms with Crippen molar-refractivity contribution in [1.29, 1.82) is 0 Å². The lowest BCUT2D eigenvalue weighted by Crippen LogP contribution is -2.48. The molecule has 3 rings (SSSR count). The molecule has 0 saturated heterocycles. The number of carbonyl (C=O) groups is 4. The molecule has 0 aliphatic heterocycles. The molecule has 44 heavy (non-hydrogen) atoms. The fraction of sp³-hybridized carbons (Fsp3) is 0.267. The first-order valence-corrected chi connectivity index (χ1v) is 14.8. The molecule has 0 aromatic heterocycles. The normalized spacial score (nSPS) is 12.0. The van der Waals surface area contributed by atoms with E-state index in [2.05, 4.69) is 10.0 Å². The summed E-state index contributed by atoms with van der Waals surface area (Å²) >= 11 is 0. The number of carbonyl (C=O) groups excluding carboxylic acids is 3. The molecule has 4 N–H and O–H groups in total. The molecular weight excluding hydrogens is 594 g/mol. The Morgan fingerprint density at radius 3 is 1.86 bits per heavy atom. The summed E-state index contributed by atoms with van der Waals surface area (Å²) in [6.45, 7) is 4.03. The lowest BCUT2D eigenvalue weighted by atomic mass is 10.0. The molecule has 3 aromatic rings. The maximum absolute atomic E-state index is 13.4. The Morgan fingerprint density at radius 1 is 0.818 bits per heavy atom. The number of carboxylic acids is 1. The molecule has 0 radical (unpaired) electrons. The highest BCUT2D eigenvalue weighted by molar-refractivity contribution is 7.91. The van der Waals surface area contributed by atoms with Gasteiger partial charge in [0.05, 0.1) is 12.1 Å². The number of rotatable bonds is 12. The van der Waals surface area contributed by atoms with E-state index in [0.717, 1.165) is 0 Å². The van der Waals surface area contributed by atoms with Crippen LogP contribution in [0.2, 0.25) is 0 Å². The van der Waals surface area contributed by atoms with Crippen LogP contribution in [0.25, 0.3) is 0 Å². The molecule has 234 valence electrons. The summed E-state index contributed by atoms with van der Waals surface area (Å²) < 4.78 is 44.6. The maximum atomic E-state index is 13.4. The number of ether oxygens (including phenoxy) is 3. The summed E-state index contributed by atoms with van der Waals surface area (Å²) in [4.78, 5) is 49.1. The average molecular weight is 628 g/mol. The largest absolute Gasteiger partial charge is 0.481 e. The Bertz CT molecular complexity index is 1500. The van der Waals surface area contributed by atoms with Crippen molar-refractivity contribution in [2.45, 2.75) is 44.9 Å². The van der Waals surface area contributed by atoms with E-state index in [9.17, 15) is 27.6 Å². The van der Waals surface area contributed by atoms with Crippen LogP contribution < -0.4 is 14.8 Å². The van der Waals surface area contributed by atoms with Gasteiger partial charge in [0, 0.05) is 0 Å². The fourth-order valence-corrected chi connectivity index (χ4v) is 4.52. The van der Waals surface area contributed by atoms with Gasteiger partial charge in [-0.25, -0.2) is 19.1 Å². The van der Waals surface area contributed by atoms with Gasteiger partial charge in [-0.3, -0.25) is 9.52 Å². The quantitative estimate of drug-likeness (QED) is 0.169. The number of benzene rings is 3. The fourth-order valence-electron chi connectivity index (χ4n) is 3.75. The van der Waals surface area contributed by atoms with E-state index in [1.54, 1.807) is 86.2 Å². The zero-order valence-corrected chi connectivity index (χ0v) is 25.0. The summed E-state index contributed by atoms with van der Waals surface area (Å²) in [5.41, 5.74) is 0.828. The van der Waals surface area contributed by atoms with E-state index in [-0.39, 0.29) is 12.1 Å². The van der Waals surface area contributed by atoms with Crippen LogP contribution in [-0.2, 0) is 40.4 Å². The molecule has 0 heterocycles. The van der Waals surface area contributed by atoms with Crippen LogP contribution >= 0.6 is 0 Å². The number of hydrogen-bond acceptors (Lipinski definition) is 9. The molecule has 0 aliphatic rings. The molecule has 0 fully saturated rings. The van der Waals surface area contributed by atoms with E-state index in [1.807, 2.05) is 0 Å². The van der Waals surface area contributed by atoms with E-state index in [1.165, 1.54) is 24.3 Å². The third kappa shape index (κ3) is 11.3. The topological polar surface area (TPSA) is 186 Å². The number of anilines is 1. The summed E-state index contributed by atoms with van der Waals surface area (Å²) in [5, 5.41) is 11.2. The molecule has 0 saturated carbocycles. The maximum Gasteiger partial charge on any atom is 0.422 e. The van der Waals surface area contributed by atoms with Crippen LogP contribution in [0.15, 0.2) is 84.9 Å². The summed E-state index contributed by atoms with van der Waals surface area (Å²) in [5.74, 6) is -2.04. The standard InChI is InChI=1S/C30H33N3O10S/c1-30(2,3)43-28(37)31-24(27(36)42-26(21-10-6-4-7-11-21)22-12-8-5-9-13-22)19-41-29(38)33-44(39,40)32-23-16-14-20(15-17-23)18-25(34)35/h4-17,24,26,32H,18-19H2,1-3H3,(H,31,37)(H,33,38)(H,34,35). The molecule has 14 heteroatoms. The molecule has 0 bridgehead atoms. The second-order valence-corrected chi connectivity index (χ2v) is 11.8. The van der Waals surface area contributed by atoms with Gasteiger partial charge in [0.25, 0.3) is 0 Å². The predicted molar refractivity (Wildman–Crippen MR) is 159 cm³/mol. The molecule has 13 nitrogen and oxygen atoms in total. The van der Waals surface area contributed by atoms with Crippen LogP contribution in [0.3, 0.4) is 0 Å². The molecule has 3 aromatic carbocycles. The second-order valence-electron chi connectivity index (χ2n) is 10.4. The third-order valence-electron chi connectivity index (χ3n) is 5.57. The van der Waals surface area contributed by atoms with Crippen molar-refractivity contribution in [3.05, 3.63) is 102 Å². The number of amides is 2. The lowest BCUT2D eigenvalue weighted by Gasteiger charge is -2.25. The smallest absolute Gasteiger partial charge is 0.422 e. The minimum Gasteiger partial charge on any atom is -0.481 e. The van der Waals surface area contributed by atoms with E-state index < -0.39 is 58.7 Å². The molecule has 1 atom stereocenters. The van der Waals surface area contributed by atoms with Crippen LogP contribution in [0.4, 0.5) is 15.3 Å². The highest BCUT2D eigenvalue weighted by Gasteiger charge is 2.30. The number of nitrogens with one attached hydrogen (secondary N) is 3. The van der Waals surface area contributed by atoms with Gasteiger partial charge in [-0.15, -0.1) is 0 Å². The zero-order chi connectivity index (χ0) is 32.3. The Labute approximate surface area is 254 Å². The number of hydrogen-bond donors (Lipinski definition) is 4. The van der Waals surface area contributed by atoms with Crippen molar-refractivity contribution >= 4 is 40.0 Å². The Morgan fingerprint density at radius 2 is 1.36 bits per heavy atom. The molecule has 1 unspecified atom stereocenters. The van der Waals surface area contributed by atoms with Gasteiger partial charge >= 0.3 is 34.3 Å². The van der Waals surface area contributed by atoms with Gasteiger partial charge in [0.2, 0.25) is 0 Å². The van der Waals surface area contributed by atoms with Gasteiger partial charge in [0.15, 0.2) is 12.1 Å². The first-order chi connectivity index (χ1) is 20.7. The van der Waals surface area contributed by atoms with Gasteiger partial charge in [-0.2, -0.15) is 8.42 Å². The van der Waals surface area contributed by atoms with Gasteiger partial charge in [-0.1, -0.05) is 72.8 Å². The SMILES string of the molecule is CC(C)(C)OC(=O)NC(COC(=O)NS(=O)(=O)Nc1ccc(CC(=O)O)cc1)C(=O)OC(c1ccccc1)c1ccccc1. The minimum atomic E-state index is -4.50. The highest BCUT2D eigenvalue weighted by atomic mass is 32.2. The summed E-state index contributed by atoms with van der Waals surface area (Å²) in [6, 6.07) is 21.5. The monoisotopic (exact) mass is 627 g/mol. The predicted octanol–water partition coefficient (Wildman–Crippen LogP) is 3.92. The van der Waals surface area contributed by atoms with Crippen molar-refractivity contribution < 1.29 is 46.9 Å². The van der Waals surface area contributed by atoms with Crippen LogP contribution in [0, 0.1) is 0 Å². The first-order valence-electron chi connectivity index (χ1n) is 13.3. The van der Waals surface area contributed by atoms with Crippen molar-refractivity contribution in [3.63, 3.8) is 0 Å². The lowest BCUT2D eigenvalue weighted by molar-refractivity contribution is -0.151. The summed E-state index contributed by atoms with van der Waals surface area (Å²) in [7, 11) is -4.50. The van der Waals surface area contributed by atoms with E-state index in [0.29, 0.717) is 16.7 Å². The van der Waals surface area contributed by atoms with Crippen LogP contribution in [0.1, 0.15) is 43.6 Å². The zero-order valence-electron chi connectivity index (χ0n) is 24.2. The minimum absolute atomic E-state index is 0.0420. The van der Waals surface area contributed by atoms with Crippen LogP contribution in [-0.4, -0.2) is 55.9 Å². The molecule has 2 amide bonds. The second kappa shape index (κ2) is 14.9. The summed E-state index contributed by atoms with van der Waals surface area (Å²) in [6.07, 6.45) is -3.59. The van der Waals surface area contributed by atoms with Crippen molar-refractivity contribution in [3.8, 4) is 0 Å². The van der Waals surface area contributed by atoms with Crippen molar-refractivity contribution in [1.82, 2.24) is 10.0 Å². The molecular formula is C30H33N3O10S.